The number of hydrogen-bond donors (Lipinski definition) is 0. The van der Waals surface area contributed by atoms with E-state index in [-0.39, 0.29) is 5.41 Å². The lowest BCUT2D eigenvalue weighted by Gasteiger charge is -2.26. The monoisotopic (exact) mass is 388 g/mol. The summed E-state index contributed by atoms with van der Waals surface area (Å²) in [6.45, 7) is 9.84. The SMILES string of the molecule is C=CC(C)(COCc1cccc(Oc2ccccc2)c1)c1ccc(OCC)cc1. The Kier molecular flexibility index (Phi) is 7.09. The predicted molar refractivity (Wildman–Crippen MR) is 118 cm³/mol. The van der Waals surface area contributed by atoms with Crippen LogP contribution in [0.25, 0.3) is 0 Å². The van der Waals surface area contributed by atoms with E-state index in [0.29, 0.717) is 19.8 Å². The highest BCUT2D eigenvalue weighted by molar-refractivity contribution is 5.35. The van der Waals surface area contributed by atoms with E-state index in [1.165, 1.54) is 0 Å². The molecule has 0 spiro atoms. The molecule has 0 aromatic heterocycles. The first-order valence-electron chi connectivity index (χ1n) is 9.89. The molecule has 0 bridgehead atoms. The average Bonchev–Trinajstić information content (AvgIpc) is 2.75. The van der Waals surface area contributed by atoms with Crippen LogP contribution in [-0.2, 0) is 16.8 Å². The molecule has 0 saturated heterocycles. The minimum Gasteiger partial charge on any atom is -0.494 e. The molecule has 0 fully saturated rings. The van der Waals surface area contributed by atoms with E-state index in [0.717, 1.165) is 28.4 Å². The maximum atomic E-state index is 6.06. The van der Waals surface area contributed by atoms with Gasteiger partial charge in [-0.15, -0.1) is 6.58 Å². The van der Waals surface area contributed by atoms with E-state index in [9.17, 15) is 0 Å². The van der Waals surface area contributed by atoms with Crippen LogP contribution in [0.3, 0.4) is 0 Å². The summed E-state index contributed by atoms with van der Waals surface area (Å²) in [7, 11) is 0. The van der Waals surface area contributed by atoms with Crippen LogP contribution in [0.2, 0.25) is 0 Å². The molecule has 3 aromatic carbocycles. The second-order valence-electron chi connectivity index (χ2n) is 7.13. The molecule has 0 saturated carbocycles. The van der Waals surface area contributed by atoms with Crippen LogP contribution >= 0.6 is 0 Å². The molecular formula is C26H28O3. The van der Waals surface area contributed by atoms with Gasteiger partial charge in [0, 0.05) is 5.41 Å². The van der Waals surface area contributed by atoms with Crippen LogP contribution in [0.1, 0.15) is 25.0 Å². The van der Waals surface area contributed by atoms with Crippen molar-refractivity contribution in [3.63, 3.8) is 0 Å². The zero-order valence-electron chi connectivity index (χ0n) is 17.1. The van der Waals surface area contributed by atoms with Crippen LogP contribution in [-0.4, -0.2) is 13.2 Å². The molecule has 3 heteroatoms. The molecule has 0 radical (unpaired) electrons. The fraction of sp³-hybridized carbons (Fsp3) is 0.231. The van der Waals surface area contributed by atoms with Gasteiger partial charge in [0.05, 0.1) is 19.8 Å². The van der Waals surface area contributed by atoms with Gasteiger partial charge in [-0.25, -0.2) is 0 Å². The van der Waals surface area contributed by atoms with E-state index < -0.39 is 0 Å². The summed E-state index contributed by atoms with van der Waals surface area (Å²) >= 11 is 0. The van der Waals surface area contributed by atoms with Gasteiger partial charge < -0.3 is 14.2 Å². The van der Waals surface area contributed by atoms with Crippen molar-refractivity contribution in [2.45, 2.75) is 25.9 Å². The summed E-state index contributed by atoms with van der Waals surface area (Å²) in [5.74, 6) is 2.49. The minimum absolute atomic E-state index is 0.275. The molecule has 150 valence electrons. The minimum atomic E-state index is -0.275. The second kappa shape index (κ2) is 9.94. The summed E-state index contributed by atoms with van der Waals surface area (Å²) in [5, 5.41) is 0. The fourth-order valence-corrected chi connectivity index (χ4v) is 3.06. The topological polar surface area (TPSA) is 27.7 Å². The number of benzene rings is 3. The third kappa shape index (κ3) is 5.72. The molecule has 3 rings (SSSR count). The Hall–Kier alpha value is -3.04. The third-order valence-corrected chi connectivity index (χ3v) is 4.82. The van der Waals surface area contributed by atoms with Crippen molar-refractivity contribution in [2.24, 2.45) is 0 Å². The van der Waals surface area contributed by atoms with Gasteiger partial charge in [0.1, 0.15) is 17.2 Å². The summed E-state index contributed by atoms with van der Waals surface area (Å²) in [5.41, 5.74) is 1.94. The van der Waals surface area contributed by atoms with Gasteiger partial charge in [-0.05, 0) is 61.4 Å². The fourth-order valence-electron chi connectivity index (χ4n) is 3.06. The highest BCUT2D eigenvalue weighted by Crippen LogP contribution is 2.28. The number of hydrogen-bond acceptors (Lipinski definition) is 3. The first-order chi connectivity index (χ1) is 14.1. The Balaban J connectivity index is 1.60. The molecule has 3 aromatic rings. The van der Waals surface area contributed by atoms with E-state index >= 15 is 0 Å². The normalized spacial score (nSPS) is 12.8. The third-order valence-electron chi connectivity index (χ3n) is 4.82. The zero-order chi connectivity index (χ0) is 20.5. The Morgan fingerprint density at radius 3 is 2.28 bits per heavy atom. The zero-order valence-corrected chi connectivity index (χ0v) is 17.1. The smallest absolute Gasteiger partial charge is 0.127 e. The van der Waals surface area contributed by atoms with Gasteiger partial charge in [-0.2, -0.15) is 0 Å². The van der Waals surface area contributed by atoms with Gasteiger partial charge in [0.2, 0.25) is 0 Å². The lowest BCUT2D eigenvalue weighted by molar-refractivity contribution is 0.0911. The molecule has 29 heavy (non-hydrogen) atoms. The summed E-state index contributed by atoms with van der Waals surface area (Å²) in [6.07, 6.45) is 1.94. The van der Waals surface area contributed by atoms with Crippen molar-refractivity contribution < 1.29 is 14.2 Å². The van der Waals surface area contributed by atoms with Crippen LogP contribution in [0.5, 0.6) is 17.2 Å². The van der Waals surface area contributed by atoms with Crippen LogP contribution < -0.4 is 9.47 Å². The van der Waals surface area contributed by atoms with Crippen molar-refractivity contribution >= 4 is 0 Å². The lowest BCUT2D eigenvalue weighted by atomic mass is 9.83. The summed E-state index contributed by atoms with van der Waals surface area (Å²) in [6, 6.07) is 25.9. The highest BCUT2D eigenvalue weighted by Gasteiger charge is 2.23. The van der Waals surface area contributed by atoms with E-state index in [1.807, 2.05) is 79.7 Å². The Bertz CT molecular complexity index is 903. The predicted octanol–water partition coefficient (Wildman–Crippen LogP) is 6.54. The molecule has 0 aliphatic carbocycles. The molecule has 1 unspecified atom stereocenters. The number of para-hydroxylation sites is 1. The standard InChI is InChI=1S/C26H28O3/c1-4-26(3,22-14-16-23(17-15-22)28-5-2)20-27-19-21-10-9-13-25(18-21)29-24-11-7-6-8-12-24/h4,6-18H,1,5,19-20H2,2-3H3. The Morgan fingerprint density at radius 2 is 1.59 bits per heavy atom. The van der Waals surface area contributed by atoms with Crippen LogP contribution in [0.4, 0.5) is 0 Å². The van der Waals surface area contributed by atoms with Gasteiger partial charge in [0.25, 0.3) is 0 Å². The molecule has 0 aliphatic rings. The van der Waals surface area contributed by atoms with Crippen LogP contribution in [0.15, 0.2) is 91.5 Å². The van der Waals surface area contributed by atoms with Gasteiger partial charge in [-0.3, -0.25) is 0 Å². The molecule has 0 aliphatic heterocycles. The highest BCUT2D eigenvalue weighted by atomic mass is 16.5. The van der Waals surface area contributed by atoms with Gasteiger partial charge >= 0.3 is 0 Å². The maximum absolute atomic E-state index is 6.06. The van der Waals surface area contributed by atoms with Crippen LogP contribution in [0, 0.1) is 0 Å². The molecule has 0 heterocycles. The first kappa shape index (κ1) is 20.7. The van der Waals surface area contributed by atoms with Gasteiger partial charge in [-0.1, -0.05) is 48.5 Å². The molecule has 0 N–H and O–H groups in total. The van der Waals surface area contributed by atoms with Crippen molar-refractivity contribution in [3.8, 4) is 17.2 Å². The second-order valence-corrected chi connectivity index (χ2v) is 7.13. The lowest BCUT2D eigenvalue weighted by Crippen LogP contribution is -2.25. The summed E-state index contributed by atoms with van der Waals surface area (Å²) < 4.78 is 17.5. The van der Waals surface area contributed by atoms with E-state index in [2.05, 4.69) is 25.6 Å². The Labute approximate surface area is 173 Å². The maximum Gasteiger partial charge on any atom is 0.127 e. The van der Waals surface area contributed by atoms with E-state index in [4.69, 9.17) is 14.2 Å². The number of rotatable bonds is 10. The Morgan fingerprint density at radius 1 is 0.862 bits per heavy atom. The molecule has 1 atom stereocenters. The van der Waals surface area contributed by atoms with Gasteiger partial charge in [0.15, 0.2) is 0 Å². The molecule has 0 amide bonds. The quantitative estimate of drug-likeness (QED) is 0.369. The first-order valence-corrected chi connectivity index (χ1v) is 9.89. The van der Waals surface area contributed by atoms with E-state index in [1.54, 1.807) is 0 Å². The average molecular weight is 389 g/mol. The number of ether oxygens (including phenoxy) is 3. The largest absolute Gasteiger partial charge is 0.494 e. The molecular weight excluding hydrogens is 360 g/mol. The van der Waals surface area contributed by atoms with Crippen molar-refractivity contribution in [1.82, 2.24) is 0 Å². The van der Waals surface area contributed by atoms with Crippen molar-refractivity contribution in [1.29, 1.82) is 0 Å². The van der Waals surface area contributed by atoms with Crippen molar-refractivity contribution in [3.05, 3.63) is 103 Å². The summed E-state index contributed by atoms with van der Waals surface area (Å²) in [4.78, 5) is 0. The molecule has 3 nitrogen and oxygen atoms in total. The van der Waals surface area contributed by atoms with Crippen molar-refractivity contribution in [2.75, 3.05) is 13.2 Å².